The van der Waals surface area contributed by atoms with Crippen LogP contribution in [0.3, 0.4) is 0 Å². The highest BCUT2D eigenvalue weighted by molar-refractivity contribution is 9.10. The van der Waals surface area contributed by atoms with E-state index >= 15 is 0 Å². The minimum Gasteiger partial charge on any atom is -0.483 e. The van der Waals surface area contributed by atoms with Crippen LogP contribution in [0.25, 0.3) is 0 Å². The number of rotatable bonds is 8. The number of methoxy groups -OCH3 is 1. The van der Waals surface area contributed by atoms with Gasteiger partial charge in [-0.05, 0) is 41.1 Å². The van der Waals surface area contributed by atoms with Gasteiger partial charge in [-0.1, -0.05) is 11.6 Å². The quantitative estimate of drug-likeness (QED) is 0.726. The van der Waals surface area contributed by atoms with Crippen molar-refractivity contribution >= 4 is 33.4 Å². The van der Waals surface area contributed by atoms with E-state index < -0.39 is 5.60 Å². The zero-order valence-corrected chi connectivity index (χ0v) is 14.3. The highest BCUT2D eigenvalue weighted by Gasteiger charge is 2.20. The fraction of sp³-hybridized carbons (Fsp3) is 0.500. The van der Waals surface area contributed by atoms with E-state index in [0.717, 1.165) is 0 Å². The van der Waals surface area contributed by atoms with Gasteiger partial charge < -0.3 is 19.9 Å². The minimum atomic E-state index is -1.01. The van der Waals surface area contributed by atoms with Gasteiger partial charge in [-0.2, -0.15) is 0 Å². The Morgan fingerprint density at radius 2 is 2.24 bits per heavy atom. The molecule has 0 aliphatic carbocycles. The van der Waals surface area contributed by atoms with Gasteiger partial charge >= 0.3 is 0 Å². The number of hydrogen-bond acceptors (Lipinski definition) is 4. The van der Waals surface area contributed by atoms with Crippen molar-refractivity contribution in [1.82, 2.24) is 5.32 Å². The molecule has 0 aromatic heterocycles. The third-order valence-corrected chi connectivity index (χ3v) is 3.62. The van der Waals surface area contributed by atoms with E-state index in [-0.39, 0.29) is 19.1 Å². The van der Waals surface area contributed by atoms with Crippen molar-refractivity contribution < 1.29 is 19.4 Å². The van der Waals surface area contributed by atoms with Crippen molar-refractivity contribution in [2.75, 3.05) is 26.9 Å². The summed E-state index contributed by atoms with van der Waals surface area (Å²) in [6, 6.07) is 5.04. The second-order valence-electron chi connectivity index (χ2n) is 4.88. The molecule has 118 valence electrons. The number of hydrogen-bond donors (Lipinski definition) is 2. The van der Waals surface area contributed by atoms with Gasteiger partial charge in [0, 0.05) is 31.7 Å². The molecule has 0 aliphatic rings. The fourth-order valence-corrected chi connectivity index (χ4v) is 2.28. The minimum absolute atomic E-state index is 0.138. The van der Waals surface area contributed by atoms with Gasteiger partial charge in [-0.3, -0.25) is 4.79 Å². The van der Waals surface area contributed by atoms with Crippen LogP contribution < -0.4 is 10.1 Å². The molecule has 2 N–H and O–H groups in total. The predicted molar refractivity (Wildman–Crippen MR) is 84.8 cm³/mol. The van der Waals surface area contributed by atoms with Gasteiger partial charge in [-0.15, -0.1) is 0 Å². The predicted octanol–water partition coefficient (Wildman–Crippen LogP) is 2.38. The molecule has 5 nitrogen and oxygen atoms in total. The maximum absolute atomic E-state index is 11.7. The second-order valence-corrected chi connectivity index (χ2v) is 6.17. The van der Waals surface area contributed by atoms with Crippen LogP contribution in [-0.2, 0) is 9.53 Å². The van der Waals surface area contributed by atoms with E-state index in [1.807, 2.05) is 0 Å². The van der Waals surface area contributed by atoms with Crippen LogP contribution in [0.4, 0.5) is 0 Å². The summed E-state index contributed by atoms with van der Waals surface area (Å²) in [5.41, 5.74) is -1.01. The first kappa shape index (κ1) is 18.2. The van der Waals surface area contributed by atoms with E-state index in [0.29, 0.717) is 28.3 Å². The zero-order chi connectivity index (χ0) is 15.9. The standard InChI is InChI=1S/C14H19BrClNO4/c1-14(19,5-6-20-2)9-17-13(18)8-21-12-4-3-10(16)7-11(12)15/h3-4,7,19H,5-6,8-9H2,1-2H3,(H,17,18). The van der Waals surface area contributed by atoms with Crippen LogP contribution in [0.1, 0.15) is 13.3 Å². The number of amides is 1. The van der Waals surface area contributed by atoms with Crippen molar-refractivity contribution in [3.8, 4) is 5.75 Å². The Labute approximate surface area is 137 Å². The Kier molecular flexibility index (Phi) is 7.45. The zero-order valence-electron chi connectivity index (χ0n) is 12.0. The summed E-state index contributed by atoms with van der Waals surface area (Å²) in [6.45, 7) is 2.07. The molecule has 1 rings (SSSR count). The molecule has 0 aliphatic heterocycles. The third-order valence-electron chi connectivity index (χ3n) is 2.76. The van der Waals surface area contributed by atoms with Crippen molar-refractivity contribution in [2.45, 2.75) is 18.9 Å². The molecule has 0 bridgehead atoms. The monoisotopic (exact) mass is 379 g/mol. The summed E-state index contributed by atoms with van der Waals surface area (Å²) >= 11 is 9.12. The van der Waals surface area contributed by atoms with E-state index in [2.05, 4.69) is 21.2 Å². The van der Waals surface area contributed by atoms with Gasteiger partial charge in [0.1, 0.15) is 5.75 Å². The summed E-state index contributed by atoms with van der Waals surface area (Å²) in [5.74, 6) is 0.218. The van der Waals surface area contributed by atoms with Crippen LogP contribution in [0.15, 0.2) is 22.7 Å². The van der Waals surface area contributed by atoms with Gasteiger partial charge in [0.25, 0.3) is 5.91 Å². The SMILES string of the molecule is COCCC(C)(O)CNC(=O)COc1ccc(Cl)cc1Br. The van der Waals surface area contributed by atoms with Gasteiger partial charge in [0.2, 0.25) is 0 Å². The van der Waals surface area contributed by atoms with Crippen molar-refractivity contribution in [3.63, 3.8) is 0 Å². The molecule has 1 unspecified atom stereocenters. The number of carbonyl (C=O) groups is 1. The Bertz CT molecular complexity index is 482. The van der Waals surface area contributed by atoms with Gasteiger partial charge in [0.05, 0.1) is 10.1 Å². The first-order chi connectivity index (χ1) is 9.84. The summed E-state index contributed by atoms with van der Waals surface area (Å²) in [6.07, 6.45) is 0.438. The molecule has 21 heavy (non-hydrogen) atoms. The molecule has 0 fully saturated rings. The molecule has 7 heteroatoms. The molecule has 0 saturated heterocycles. The van der Waals surface area contributed by atoms with Crippen molar-refractivity contribution in [1.29, 1.82) is 0 Å². The molecule has 1 amide bonds. The van der Waals surface area contributed by atoms with Crippen molar-refractivity contribution in [2.24, 2.45) is 0 Å². The molecule has 0 saturated carbocycles. The smallest absolute Gasteiger partial charge is 0.258 e. The average molecular weight is 381 g/mol. The lowest BCUT2D eigenvalue weighted by Crippen LogP contribution is -2.42. The largest absolute Gasteiger partial charge is 0.483 e. The molecule has 0 spiro atoms. The van der Waals surface area contributed by atoms with E-state index in [9.17, 15) is 9.90 Å². The van der Waals surface area contributed by atoms with Crippen LogP contribution >= 0.6 is 27.5 Å². The first-order valence-electron chi connectivity index (χ1n) is 6.40. The van der Waals surface area contributed by atoms with Crippen molar-refractivity contribution in [3.05, 3.63) is 27.7 Å². The molecule has 1 aromatic carbocycles. The number of ether oxygens (including phenoxy) is 2. The lowest BCUT2D eigenvalue weighted by atomic mass is 10.0. The number of nitrogens with one attached hydrogen (secondary N) is 1. The Hall–Kier alpha value is -0.820. The summed E-state index contributed by atoms with van der Waals surface area (Å²) < 4.78 is 11.0. The van der Waals surface area contributed by atoms with E-state index in [1.165, 1.54) is 0 Å². The van der Waals surface area contributed by atoms with Crippen LogP contribution in [-0.4, -0.2) is 43.5 Å². The highest BCUT2D eigenvalue weighted by Crippen LogP contribution is 2.27. The van der Waals surface area contributed by atoms with E-state index in [1.54, 1.807) is 32.2 Å². The summed E-state index contributed by atoms with van der Waals surface area (Å²) in [5, 5.41) is 13.2. The Morgan fingerprint density at radius 1 is 1.52 bits per heavy atom. The van der Waals surface area contributed by atoms with Gasteiger partial charge in [0.15, 0.2) is 6.61 Å². The normalized spacial score (nSPS) is 13.6. The number of halogens is 2. The highest BCUT2D eigenvalue weighted by atomic mass is 79.9. The van der Waals surface area contributed by atoms with E-state index in [4.69, 9.17) is 21.1 Å². The third kappa shape index (κ3) is 7.13. The van der Waals surface area contributed by atoms with Crippen LogP contribution in [0.5, 0.6) is 5.75 Å². The van der Waals surface area contributed by atoms with Crippen LogP contribution in [0, 0.1) is 0 Å². The van der Waals surface area contributed by atoms with Crippen LogP contribution in [0.2, 0.25) is 5.02 Å². The number of aliphatic hydroxyl groups is 1. The Balaban J connectivity index is 2.37. The number of benzene rings is 1. The van der Waals surface area contributed by atoms with Gasteiger partial charge in [-0.25, -0.2) is 0 Å². The molecule has 1 atom stereocenters. The maximum Gasteiger partial charge on any atom is 0.258 e. The second kappa shape index (κ2) is 8.58. The first-order valence-corrected chi connectivity index (χ1v) is 7.57. The molecular weight excluding hydrogens is 362 g/mol. The topological polar surface area (TPSA) is 67.8 Å². The maximum atomic E-state index is 11.7. The summed E-state index contributed by atoms with van der Waals surface area (Å²) in [4.78, 5) is 11.7. The molecule has 1 aromatic rings. The lowest BCUT2D eigenvalue weighted by Gasteiger charge is -2.23. The average Bonchev–Trinajstić information content (AvgIpc) is 2.42. The fourth-order valence-electron chi connectivity index (χ4n) is 1.49. The summed E-state index contributed by atoms with van der Waals surface area (Å²) in [7, 11) is 1.56. The number of carbonyl (C=O) groups excluding carboxylic acids is 1. The molecule has 0 heterocycles. The Morgan fingerprint density at radius 3 is 2.86 bits per heavy atom. The lowest BCUT2D eigenvalue weighted by molar-refractivity contribution is -0.124. The molecule has 0 radical (unpaired) electrons. The molecular formula is C14H19BrClNO4.